The van der Waals surface area contributed by atoms with Crippen molar-refractivity contribution in [2.45, 2.75) is 57.5 Å². The maximum absolute atomic E-state index is 13.2. The number of carbonyl (C=O) groups excluding carboxylic acids is 1. The van der Waals surface area contributed by atoms with E-state index in [1.807, 2.05) is 7.05 Å². The van der Waals surface area contributed by atoms with Crippen molar-refractivity contribution in [3.05, 3.63) is 17.8 Å². The fourth-order valence-corrected chi connectivity index (χ4v) is 5.87. The Morgan fingerprint density at radius 2 is 1.68 bits per heavy atom. The van der Waals surface area contributed by atoms with Crippen LogP contribution in [0, 0.1) is 5.92 Å². The first-order chi connectivity index (χ1) is 16.6. The number of aryl methyl sites for hydroxylation is 1. The lowest BCUT2D eigenvalue weighted by atomic mass is 9.90. The third-order valence-corrected chi connectivity index (χ3v) is 8.03. The Morgan fingerprint density at radius 3 is 2.38 bits per heavy atom. The number of carbonyl (C=O) groups is 1. The molecule has 0 aliphatic carbocycles. The maximum atomic E-state index is 13.2. The number of likely N-dealkylation sites (tertiary alicyclic amines) is 2. The zero-order chi connectivity index (χ0) is 23.5. The van der Waals surface area contributed by atoms with Crippen molar-refractivity contribution in [1.29, 1.82) is 0 Å². The average molecular weight is 469 g/mol. The van der Waals surface area contributed by atoms with Gasteiger partial charge < -0.3 is 14.9 Å². The Kier molecular flexibility index (Phi) is 7.46. The molecule has 186 valence electrons. The highest BCUT2D eigenvalue weighted by atomic mass is 16.3. The second-order valence-electron chi connectivity index (χ2n) is 10.6. The zero-order valence-corrected chi connectivity index (χ0v) is 20.7. The molecule has 5 heterocycles. The minimum atomic E-state index is -0.143. The van der Waals surface area contributed by atoms with Crippen LogP contribution in [0.4, 0.5) is 5.82 Å². The van der Waals surface area contributed by atoms with Crippen LogP contribution < -0.4 is 4.90 Å². The van der Waals surface area contributed by atoms with E-state index in [4.69, 9.17) is 4.98 Å². The van der Waals surface area contributed by atoms with E-state index in [1.165, 1.54) is 25.7 Å². The molecular weight excluding hydrogens is 428 g/mol. The van der Waals surface area contributed by atoms with Crippen molar-refractivity contribution in [2.24, 2.45) is 13.0 Å². The van der Waals surface area contributed by atoms with Crippen molar-refractivity contribution in [3.8, 4) is 0 Å². The van der Waals surface area contributed by atoms with E-state index < -0.39 is 0 Å². The molecule has 3 aliphatic rings. The molecule has 8 heteroatoms. The summed E-state index contributed by atoms with van der Waals surface area (Å²) in [5.41, 5.74) is 1.40. The van der Waals surface area contributed by atoms with Crippen molar-refractivity contribution in [3.63, 3.8) is 0 Å². The number of aliphatic hydroxyl groups is 1. The fraction of sp³-hybridized carbons (Fsp3) is 0.731. The molecule has 0 unspecified atom stereocenters. The lowest BCUT2D eigenvalue weighted by Crippen LogP contribution is -2.39. The van der Waals surface area contributed by atoms with Crippen LogP contribution in [-0.4, -0.2) is 93.9 Å². The number of ketones is 1. The number of rotatable bonds is 7. The standard InChI is InChI=1S/C26H40N6O2/c1-29-26-22(6-7-24(27-26)32-11-4-2-3-5-12-32)25(28-29)23(34)18-20-8-13-30(14-9-20)16-17-31-15-10-21(33)19-31/h6-7,20-21,33H,2-5,8-19H2,1H3/t21-/m1/s1. The lowest BCUT2D eigenvalue weighted by molar-refractivity contribution is 0.0918. The van der Waals surface area contributed by atoms with E-state index in [2.05, 4.69) is 31.9 Å². The number of Topliss-reactive ketones (excluding diaryl/α,β-unsaturated/α-hetero) is 1. The highest BCUT2D eigenvalue weighted by Crippen LogP contribution is 2.27. The number of aliphatic hydroxyl groups excluding tert-OH is 1. The molecule has 34 heavy (non-hydrogen) atoms. The Labute approximate surface area is 202 Å². The van der Waals surface area contributed by atoms with Gasteiger partial charge in [-0.05, 0) is 63.2 Å². The van der Waals surface area contributed by atoms with Gasteiger partial charge in [0, 0.05) is 52.7 Å². The summed E-state index contributed by atoms with van der Waals surface area (Å²) in [5.74, 6) is 1.59. The van der Waals surface area contributed by atoms with Crippen LogP contribution >= 0.6 is 0 Å². The summed E-state index contributed by atoms with van der Waals surface area (Å²) in [6, 6.07) is 4.13. The summed E-state index contributed by atoms with van der Waals surface area (Å²) < 4.78 is 1.78. The number of piperidine rings is 1. The molecule has 3 fully saturated rings. The second-order valence-corrected chi connectivity index (χ2v) is 10.6. The molecule has 2 aromatic heterocycles. The molecule has 1 N–H and O–H groups in total. The third kappa shape index (κ3) is 5.44. The molecule has 0 radical (unpaired) electrons. The number of fused-ring (bicyclic) bond motifs is 1. The molecule has 3 aliphatic heterocycles. The van der Waals surface area contributed by atoms with Gasteiger partial charge in [-0.2, -0.15) is 5.10 Å². The molecule has 0 spiro atoms. The topological polar surface area (TPSA) is 77.7 Å². The Hall–Kier alpha value is -2.03. The Morgan fingerprint density at radius 1 is 0.971 bits per heavy atom. The number of β-amino-alcohol motifs (C(OH)–C–C–N with tert-alkyl or cyclic N) is 1. The predicted molar refractivity (Wildman–Crippen MR) is 134 cm³/mol. The summed E-state index contributed by atoms with van der Waals surface area (Å²) in [6.07, 6.45) is 8.50. The van der Waals surface area contributed by atoms with Gasteiger partial charge in [0.1, 0.15) is 11.5 Å². The van der Waals surface area contributed by atoms with Crippen molar-refractivity contribution >= 4 is 22.6 Å². The molecule has 0 bridgehead atoms. The molecule has 3 saturated heterocycles. The molecule has 1 atom stereocenters. The van der Waals surface area contributed by atoms with Crippen LogP contribution in [-0.2, 0) is 7.05 Å². The largest absolute Gasteiger partial charge is 0.392 e. The summed E-state index contributed by atoms with van der Waals surface area (Å²) >= 11 is 0. The minimum absolute atomic E-state index is 0.143. The molecule has 0 aromatic carbocycles. The number of anilines is 1. The van der Waals surface area contributed by atoms with Gasteiger partial charge in [0.05, 0.1) is 11.5 Å². The maximum Gasteiger partial charge on any atom is 0.184 e. The SMILES string of the molecule is Cn1nc(C(=O)CC2CCN(CCN3CC[C@@H](O)C3)CC2)c2ccc(N3CCCCCC3)nc21. The number of pyridine rings is 1. The number of nitrogens with zero attached hydrogens (tertiary/aromatic N) is 6. The highest BCUT2D eigenvalue weighted by Gasteiger charge is 2.26. The second kappa shape index (κ2) is 10.7. The summed E-state index contributed by atoms with van der Waals surface area (Å²) in [5, 5.41) is 15.2. The van der Waals surface area contributed by atoms with Crippen molar-refractivity contribution in [2.75, 3.05) is 57.3 Å². The van der Waals surface area contributed by atoms with Gasteiger partial charge in [-0.1, -0.05) is 12.8 Å². The van der Waals surface area contributed by atoms with Gasteiger partial charge in [0.15, 0.2) is 11.4 Å². The molecule has 5 rings (SSSR count). The van der Waals surface area contributed by atoms with E-state index in [1.54, 1.807) is 4.68 Å². The number of hydrogen-bond acceptors (Lipinski definition) is 7. The first-order valence-electron chi connectivity index (χ1n) is 13.3. The van der Waals surface area contributed by atoms with Crippen LogP contribution in [0.3, 0.4) is 0 Å². The van der Waals surface area contributed by atoms with Gasteiger partial charge in [0.2, 0.25) is 0 Å². The van der Waals surface area contributed by atoms with Gasteiger partial charge in [-0.15, -0.1) is 0 Å². The first kappa shape index (κ1) is 23.7. The summed E-state index contributed by atoms with van der Waals surface area (Å²) in [7, 11) is 1.90. The first-order valence-corrected chi connectivity index (χ1v) is 13.3. The Balaban J connectivity index is 1.16. The fourth-order valence-electron chi connectivity index (χ4n) is 5.87. The molecule has 2 aromatic rings. The van der Waals surface area contributed by atoms with Gasteiger partial charge in [-0.25, -0.2) is 9.67 Å². The van der Waals surface area contributed by atoms with E-state index in [0.29, 0.717) is 18.0 Å². The van der Waals surface area contributed by atoms with E-state index in [0.717, 1.165) is 88.5 Å². The van der Waals surface area contributed by atoms with Gasteiger partial charge in [-0.3, -0.25) is 9.69 Å². The van der Waals surface area contributed by atoms with Crippen molar-refractivity contribution in [1.82, 2.24) is 24.6 Å². The van der Waals surface area contributed by atoms with Gasteiger partial charge >= 0.3 is 0 Å². The zero-order valence-electron chi connectivity index (χ0n) is 20.7. The van der Waals surface area contributed by atoms with E-state index >= 15 is 0 Å². The highest BCUT2D eigenvalue weighted by molar-refractivity contribution is 6.05. The van der Waals surface area contributed by atoms with Crippen LogP contribution in [0.15, 0.2) is 12.1 Å². The van der Waals surface area contributed by atoms with Crippen LogP contribution in [0.2, 0.25) is 0 Å². The molecule has 0 amide bonds. The lowest BCUT2D eigenvalue weighted by Gasteiger charge is -2.32. The predicted octanol–water partition coefficient (Wildman–Crippen LogP) is 2.70. The van der Waals surface area contributed by atoms with E-state index in [9.17, 15) is 9.90 Å². The summed E-state index contributed by atoms with van der Waals surface area (Å²) in [4.78, 5) is 25.4. The minimum Gasteiger partial charge on any atom is -0.392 e. The number of aromatic nitrogens is 3. The quantitative estimate of drug-likeness (QED) is 0.626. The Bertz CT molecular complexity index is 975. The molecule has 8 nitrogen and oxygen atoms in total. The van der Waals surface area contributed by atoms with Crippen LogP contribution in [0.25, 0.3) is 11.0 Å². The summed E-state index contributed by atoms with van der Waals surface area (Å²) in [6.45, 7) is 8.14. The smallest absolute Gasteiger partial charge is 0.184 e. The molecular formula is C26H40N6O2. The van der Waals surface area contributed by atoms with Crippen LogP contribution in [0.1, 0.15) is 61.9 Å². The average Bonchev–Trinajstić information content (AvgIpc) is 3.29. The van der Waals surface area contributed by atoms with Gasteiger partial charge in [0.25, 0.3) is 0 Å². The molecule has 0 saturated carbocycles. The van der Waals surface area contributed by atoms with Crippen molar-refractivity contribution < 1.29 is 9.90 Å². The van der Waals surface area contributed by atoms with Crippen LogP contribution in [0.5, 0.6) is 0 Å². The normalized spacial score (nSPS) is 23.6. The monoisotopic (exact) mass is 468 g/mol. The van der Waals surface area contributed by atoms with E-state index in [-0.39, 0.29) is 11.9 Å². The third-order valence-electron chi connectivity index (χ3n) is 8.03. The number of hydrogen-bond donors (Lipinski definition) is 1.